The summed E-state index contributed by atoms with van der Waals surface area (Å²) in [5.74, 6) is 0.946. The highest BCUT2D eigenvalue weighted by atomic mass is 35.5. The maximum Gasteiger partial charge on any atom is 0.321 e. The van der Waals surface area contributed by atoms with E-state index in [4.69, 9.17) is 21.8 Å². The maximum absolute atomic E-state index is 13.0. The van der Waals surface area contributed by atoms with Gasteiger partial charge in [-0.25, -0.2) is 9.78 Å². The van der Waals surface area contributed by atoms with Crippen LogP contribution in [0.2, 0.25) is 5.02 Å². The van der Waals surface area contributed by atoms with Crippen molar-refractivity contribution in [2.45, 2.75) is 19.5 Å². The van der Waals surface area contributed by atoms with Crippen LogP contribution < -0.4 is 5.32 Å². The lowest BCUT2D eigenvalue weighted by Crippen LogP contribution is -2.51. The number of hydrogen-bond acceptors (Lipinski definition) is 5. The number of nitriles is 1. The summed E-state index contributed by atoms with van der Waals surface area (Å²) in [5.41, 5.74) is 6.69. The number of anilines is 1. The highest BCUT2D eigenvalue weighted by Gasteiger charge is 2.33. The van der Waals surface area contributed by atoms with Crippen LogP contribution in [0.15, 0.2) is 73.2 Å². The molecule has 6 rings (SSSR count). The van der Waals surface area contributed by atoms with E-state index in [0.717, 1.165) is 28.2 Å². The van der Waals surface area contributed by atoms with E-state index >= 15 is 0 Å². The van der Waals surface area contributed by atoms with Crippen molar-refractivity contribution >= 4 is 35.0 Å². The minimum atomic E-state index is -0.143. The summed E-state index contributed by atoms with van der Waals surface area (Å²) in [6.07, 6.45) is 7.78. The number of halogens is 1. The van der Waals surface area contributed by atoms with Gasteiger partial charge in [0.25, 0.3) is 0 Å². The largest absolute Gasteiger partial charge is 0.331 e. The number of aryl methyl sites for hydroxylation is 1. The van der Waals surface area contributed by atoms with Crippen LogP contribution in [0.3, 0.4) is 0 Å². The predicted molar refractivity (Wildman–Crippen MR) is 156 cm³/mol. The first-order valence-electron chi connectivity index (χ1n) is 13.2. The molecule has 1 saturated heterocycles. The minimum absolute atomic E-state index is 0.0789. The SMILES string of the molecule is Cc1nccn1CC1=Cc2ccccc2C(N2CCN(C(=O)Nc3ccc(C#N)cc3)CC2)c2ncc(Cl)cc21. The van der Waals surface area contributed by atoms with Gasteiger partial charge in [-0.2, -0.15) is 5.26 Å². The second kappa shape index (κ2) is 11.0. The first-order valence-corrected chi connectivity index (χ1v) is 13.6. The molecule has 0 spiro atoms. The van der Waals surface area contributed by atoms with Crippen LogP contribution in [-0.2, 0) is 6.54 Å². The van der Waals surface area contributed by atoms with Crippen molar-refractivity contribution in [3.8, 4) is 6.07 Å². The van der Waals surface area contributed by atoms with E-state index in [0.29, 0.717) is 49.0 Å². The topological polar surface area (TPSA) is 90.1 Å². The number of amides is 2. The summed E-state index contributed by atoms with van der Waals surface area (Å²) in [6, 6.07) is 19.2. The third-order valence-corrected chi connectivity index (χ3v) is 7.81. The molecule has 9 heteroatoms. The third kappa shape index (κ3) is 5.09. The number of carbonyl (C=O) groups is 1. The molecular formula is C31H28ClN7O. The molecule has 1 aliphatic carbocycles. The molecule has 8 nitrogen and oxygen atoms in total. The van der Waals surface area contributed by atoms with Gasteiger partial charge in [0.05, 0.1) is 28.4 Å². The first kappa shape index (κ1) is 25.8. The van der Waals surface area contributed by atoms with E-state index < -0.39 is 0 Å². The Kier molecular flexibility index (Phi) is 7.08. The Morgan fingerprint density at radius 2 is 1.88 bits per heavy atom. The minimum Gasteiger partial charge on any atom is -0.331 e. The lowest BCUT2D eigenvalue weighted by Gasteiger charge is -2.39. The fraction of sp³-hybridized carbons (Fsp3) is 0.226. The standard InChI is InChI=1S/C31H28ClN7O/c1-21-34-10-11-39(21)20-24-16-23-4-2-3-5-27(23)30(29-28(24)17-25(32)19-35-29)37-12-14-38(15-13-37)31(40)36-26-8-6-22(18-33)7-9-26/h2-11,16-17,19,30H,12-15,20H2,1H3,(H,36,40). The van der Waals surface area contributed by atoms with Gasteiger partial charge in [0.2, 0.25) is 0 Å². The van der Waals surface area contributed by atoms with Gasteiger partial charge >= 0.3 is 6.03 Å². The van der Waals surface area contributed by atoms with Gasteiger partial charge < -0.3 is 14.8 Å². The zero-order valence-corrected chi connectivity index (χ0v) is 22.8. The monoisotopic (exact) mass is 549 g/mol. The number of imidazole rings is 1. The van der Waals surface area contributed by atoms with Crippen molar-refractivity contribution in [1.29, 1.82) is 5.26 Å². The van der Waals surface area contributed by atoms with Gasteiger partial charge in [-0.3, -0.25) is 9.88 Å². The Labute approximate surface area is 238 Å². The molecule has 4 aromatic rings. The van der Waals surface area contributed by atoms with Crippen LogP contribution in [0.1, 0.15) is 39.8 Å². The van der Waals surface area contributed by atoms with Crippen molar-refractivity contribution in [1.82, 2.24) is 24.3 Å². The molecule has 0 bridgehead atoms. The summed E-state index contributed by atoms with van der Waals surface area (Å²) in [5, 5.41) is 12.6. The number of pyridine rings is 1. The lowest BCUT2D eigenvalue weighted by molar-refractivity contribution is 0.125. The summed E-state index contributed by atoms with van der Waals surface area (Å²) < 4.78 is 2.13. The molecular weight excluding hydrogens is 522 g/mol. The number of fused-ring (bicyclic) bond motifs is 2. The van der Waals surface area contributed by atoms with Crippen LogP contribution in [0.5, 0.6) is 0 Å². The number of allylic oxidation sites excluding steroid dienone is 1. The van der Waals surface area contributed by atoms with Crippen LogP contribution in [0, 0.1) is 18.3 Å². The Morgan fingerprint density at radius 1 is 1.10 bits per heavy atom. The molecule has 200 valence electrons. The zero-order valence-electron chi connectivity index (χ0n) is 22.1. The summed E-state index contributed by atoms with van der Waals surface area (Å²) in [4.78, 5) is 26.6. The average molecular weight is 550 g/mol. The summed E-state index contributed by atoms with van der Waals surface area (Å²) in [7, 11) is 0. The highest BCUT2D eigenvalue weighted by Crippen LogP contribution is 2.40. The number of nitrogens with one attached hydrogen (secondary N) is 1. The molecule has 0 saturated carbocycles. The number of benzene rings is 2. The number of piperazine rings is 1. The maximum atomic E-state index is 13.0. The Balaban J connectivity index is 1.27. The van der Waals surface area contributed by atoms with Gasteiger partial charge in [-0.1, -0.05) is 35.9 Å². The molecule has 40 heavy (non-hydrogen) atoms. The predicted octanol–water partition coefficient (Wildman–Crippen LogP) is 5.60. The number of rotatable bonds is 4. The fourth-order valence-electron chi connectivity index (χ4n) is 5.50. The van der Waals surface area contributed by atoms with Crippen molar-refractivity contribution in [2.75, 3.05) is 31.5 Å². The molecule has 2 aliphatic rings. The lowest BCUT2D eigenvalue weighted by atomic mass is 9.95. The molecule has 1 N–H and O–H groups in total. The Morgan fingerprint density at radius 3 is 2.60 bits per heavy atom. The van der Waals surface area contributed by atoms with Crippen molar-refractivity contribution in [3.05, 3.63) is 112 Å². The van der Waals surface area contributed by atoms with Crippen LogP contribution >= 0.6 is 11.6 Å². The smallest absolute Gasteiger partial charge is 0.321 e. The fourth-order valence-corrected chi connectivity index (χ4v) is 5.66. The normalized spacial score (nSPS) is 16.8. The number of aromatic nitrogens is 3. The van der Waals surface area contributed by atoms with E-state index in [-0.39, 0.29) is 12.1 Å². The Hall–Kier alpha value is -4.45. The van der Waals surface area contributed by atoms with E-state index in [9.17, 15) is 4.79 Å². The van der Waals surface area contributed by atoms with Gasteiger partial charge in [-0.15, -0.1) is 0 Å². The summed E-state index contributed by atoms with van der Waals surface area (Å²) in [6.45, 7) is 5.21. The van der Waals surface area contributed by atoms with Crippen LogP contribution in [0.4, 0.5) is 10.5 Å². The van der Waals surface area contributed by atoms with Gasteiger partial charge in [0.15, 0.2) is 0 Å². The van der Waals surface area contributed by atoms with Crippen molar-refractivity contribution < 1.29 is 4.79 Å². The molecule has 1 aliphatic heterocycles. The molecule has 3 heterocycles. The van der Waals surface area contributed by atoms with E-state index in [1.807, 2.05) is 30.3 Å². The second-order valence-corrected chi connectivity index (χ2v) is 10.5. The van der Waals surface area contributed by atoms with E-state index in [1.54, 1.807) is 30.5 Å². The second-order valence-electron chi connectivity index (χ2n) is 10.0. The molecule has 1 atom stereocenters. The summed E-state index contributed by atoms with van der Waals surface area (Å²) >= 11 is 6.50. The first-order chi connectivity index (χ1) is 19.5. The number of urea groups is 1. The van der Waals surface area contributed by atoms with Gasteiger partial charge in [-0.05, 0) is 60.0 Å². The molecule has 2 aromatic carbocycles. The van der Waals surface area contributed by atoms with E-state index in [1.165, 1.54) is 5.56 Å². The van der Waals surface area contributed by atoms with Crippen molar-refractivity contribution in [2.24, 2.45) is 0 Å². The molecule has 2 amide bonds. The van der Waals surface area contributed by atoms with Crippen molar-refractivity contribution in [3.63, 3.8) is 0 Å². The van der Waals surface area contributed by atoms with Gasteiger partial charge in [0.1, 0.15) is 5.82 Å². The molecule has 1 fully saturated rings. The van der Waals surface area contributed by atoms with Gasteiger partial charge in [0, 0.05) is 62.6 Å². The quantitative estimate of drug-likeness (QED) is 0.357. The van der Waals surface area contributed by atoms with Crippen LogP contribution in [0.25, 0.3) is 11.6 Å². The third-order valence-electron chi connectivity index (χ3n) is 7.61. The highest BCUT2D eigenvalue weighted by molar-refractivity contribution is 6.30. The number of nitrogens with zero attached hydrogens (tertiary/aromatic N) is 6. The average Bonchev–Trinajstić information content (AvgIpc) is 3.33. The number of carbonyl (C=O) groups excluding carboxylic acids is 1. The zero-order chi connectivity index (χ0) is 27.6. The number of hydrogen-bond donors (Lipinski definition) is 1. The van der Waals surface area contributed by atoms with E-state index in [2.05, 4.69) is 56.2 Å². The molecule has 1 unspecified atom stereocenters. The van der Waals surface area contributed by atoms with Crippen LogP contribution in [-0.4, -0.2) is 56.5 Å². The Bertz CT molecular complexity index is 1630. The molecule has 0 radical (unpaired) electrons. The molecule has 2 aromatic heterocycles.